The molecule has 0 fully saturated rings. The first-order chi connectivity index (χ1) is 12.5. The number of benzene rings is 2. The number of carbonyl (C=O) groups is 1. The second-order valence-corrected chi connectivity index (χ2v) is 6.23. The highest BCUT2D eigenvalue weighted by Crippen LogP contribution is 2.22. The predicted molar refractivity (Wildman–Crippen MR) is 105 cm³/mol. The third-order valence-corrected chi connectivity index (χ3v) is 4.30. The molecule has 0 radical (unpaired) electrons. The zero-order valence-corrected chi connectivity index (χ0v) is 15.0. The van der Waals surface area contributed by atoms with Crippen molar-refractivity contribution >= 4 is 23.6 Å². The van der Waals surface area contributed by atoms with Gasteiger partial charge in [-0.2, -0.15) is 0 Å². The van der Waals surface area contributed by atoms with E-state index in [-0.39, 0.29) is 5.56 Å². The monoisotopic (exact) mass is 347 g/mol. The van der Waals surface area contributed by atoms with E-state index in [4.69, 9.17) is 0 Å². The number of aromatic carboxylic acids is 1. The van der Waals surface area contributed by atoms with E-state index in [2.05, 4.69) is 34.2 Å². The summed E-state index contributed by atoms with van der Waals surface area (Å²) in [6, 6.07) is 17.3. The second-order valence-electron chi connectivity index (χ2n) is 6.23. The first-order valence-electron chi connectivity index (χ1n) is 8.29. The minimum atomic E-state index is -0.941. The van der Waals surface area contributed by atoms with Gasteiger partial charge in [0.25, 0.3) is 0 Å². The van der Waals surface area contributed by atoms with Crippen LogP contribution in [0.3, 0.4) is 0 Å². The van der Waals surface area contributed by atoms with Gasteiger partial charge in [0.1, 0.15) is 0 Å². The molecule has 1 N–H and O–H groups in total. The Kier molecular flexibility index (Phi) is 4.89. The SMILES string of the molecule is Cc1c(N=Cc2cccn2-c2ccc(N(C)C)cc2)cccc1C(=O)O. The maximum atomic E-state index is 11.3. The molecule has 5 nitrogen and oxygen atoms in total. The molecule has 0 amide bonds. The van der Waals surface area contributed by atoms with Crippen LogP contribution in [-0.2, 0) is 0 Å². The number of aromatic nitrogens is 1. The van der Waals surface area contributed by atoms with Gasteiger partial charge >= 0.3 is 5.97 Å². The van der Waals surface area contributed by atoms with Crippen LogP contribution in [0.4, 0.5) is 11.4 Å². The standard InChI is InChI=1S/C21H21N3O2/c1-15-19(21(25)26)7-4-8-20(15)22-14-18-6-5-13-24(18)17-11-9-16(10-12-17)23(2)3/h4-14H,1-3H3,(H,25,26). The lowest BCUT2D eigenvalue weighted by molar-refractivity contribution is 0.0696. The molecule has 1 heterocycles. The number of hydrogen-bond acceptors (Lipinski definition) is 3. The number of hydrogen-bond donors (Lipinski definition) is 1. The van der Waals surface area contributed by atoms with Crippen molar-refractivity contribution in [1.82, 2.24) is 4.57 Å². The maximum Gasteiger partial charge on any atom is 0.336 e. The quantitative estimate of drug-likeness (QED) is 0.700. The van der Waals surface area contributed by atoms with Crippen molar-refractivity contribution in [2.24, 2.45) is 4.99 Å². The molecule has 5 heteroatoms. The summed E-state index contributed by atoms with van der Waals surface area (Å²) in [4.78, 5) is 17.8. The molecule has 0 unspecified atom stereocenters. The lowest BCUT2D eigenvalue weighted by atomic mass is 10.1. The normalized spacial score (nSPS) is 11.0. The van der Waals surface area contributed by atoms with Gasteiger partial charge in [0, 0.05) is 31.7 Å². The van der Waals surface area contributed by atoms with E-state index >= 15 is 0 Å². The van der Waals surface area contributed by atoms with E-state index < -0.39 is 5.97 Å². The van der Waals surface area contributed by atoms with Gasteiger partial charge in [-0.15, -0.1) is 0 Å². The van der Waals surface area contributed by atoms with Crippen LogP contribution in [-0.4, -0.2) is 36.0 Å². The molecule has 2 aromatic carbocycles. The molecule has 0 spiro atoms. The Morgan fingerprint density at radius 3 is 2.46 bits per heavy atom. The summed E-state index contributed by atoms with van der Waals surface area (Å²) in [5.74, 6) is -0.941. The van der Waals surface area contributed by atoms with Gasteiger partial charge in [0.2, 0.25) is 0 Å². The zero-order valence-electron chi connectivity index (χ0n) is 15.0. The third-order valence-electron chi connectivity index (χ3n) is 4.30. The van der Waals surface area contributed by atoms with Gasteiger partial charge in [0.15, 0.2) is 0 Å². The first kappa shape index (κ1) is 17.5. The van der Waals surface area contributed by atoms with Gasteiger partial charge in [-0.25, -0.2) is 4.79 Å². The number of rotatable bonds is 5. The number of carboxylic acids is 1. The van der Waals surface area contributed by atoms with E-state index in [1.54, 1.807) is 25.3 Å². The number of anilines is 1. The predicted octanol–water partition coefficient (Wildman–Crippen LogP) is 4.30. The summed E-state index contributed by atoms with van der Waals surface area (Å²) < 4.78 is 2.04. The molecule has 0 saturated heterocycles. The molecule has 0 atom stereocenters. The van der Waals surface area contributed by atoms with Gasteiger partial charge in [-0.3, -0.25) is 4.99 Å². The number of nitrogens with zero attached hydrogens (tertiary/aromatic N) is 3. The highest BCUT2D eigenvalue weighted by Gasteiger charge is 2.09. The van der Waals surface area contributed by atoms with Crippen LogP contribution < -0.4 is 4.90 Å². The molecule has 0 bridgehead atoms. The number of carboxylic acid groups (broad SMARTS) is 1. The molecule has 26 heavy (non-hydrogen) atoms. The van der Waals surface area contributed by atoms with Crippen molar-refractivity contribution in [2.45, 2.75) is 6.92 Å². The van der Waals surface area contributed by atoms with E-state index in [1.165, 1.54) is 0 Å². The Labute approximate surface area is 152 Å². The van der Waals surface area contributed by atoms with Crippen LogP contribution >= 0.6 is 0 Å². The average Bonchev–Trinajstić information content (AvgIpc) is 3.09. The van der Waals surface area contributed by atoms with Gasteiger partial charge in [0.05, 0.1) is 23.2 Å². The largest absolute Gasteiger partial charge is 0.478 e. The Balaban J connectivity index is 1.91. The summed E-state index contributed by atoms with van der Waals surface area (Å²) in [6.45, 7) is 1.77. The lowest BCUT2D eigenvalue weighted by Gasteiger charge is -2.13. The zero-order chi connectivity index (χ0) is 18.7. The van der Waals surface area contributed by atoms with Crippen molar-refractivity contribution in [3.63, 3.8) is 0 Å². The fourth-order valence-corrected chi connectivity index (χ4v) is 2.78. The topological polar surface area (TPSA) is 57.8 Å². The molecule has 0 aliphatic rings. The molecule has 1 aromatic heterocycles. The second kappa shape index (κ2) is 7.27. The molecule has 0 saturated carbocycles. The third kappa shape index (κ3) is 3.52. The maximum absolute atomic E-state index is 11.3. The molecule has 0 aliphatic carbocycles. The Hall–Kier alpha value is -3.34. The van der Waals surface area contributed by atoms with Gasteiger partial charge in [-0.05, 0) is 61.0 Å². The molecule has 3 rings (SSSR count). The minimum Gasteiger partial charge on any atom is -0.478 e. The molecule has 0 aliphatic heterocycles. The van der Waals surface area contributed by atoms with E-state index in [0.29, 0.717) is 11.3 Å². The smallest absolute Gasteiger partial charge is 0.336 e. The highest BCUT2D eigenvalue weighted by atomic mass is 16.4. The number of aliphatic imine (C=N–C) groups is 1. The van der Waals surface area contributed by atoms with Crippen LogP contribution in [0, 0.1) is 6.92 Å². The lowest BCUT2D eigenvalue weighted by Crippen LogP contribution is -2.08. The fraction of sp³-hybridized carbons (Fsp3) is 0.143. The van der Waals surface area contributed by atoms with Crippen molar-refractivity contribution in [3.05, 3.63) is 77.6 Å². The average molecular weight is 347 g/mol. The first-order valence-corrected chi connectivity index (χ1v) is 8.29. The van der Waals surface area contributed by atoms with Gasteiger partial charge < -0.3 is 14.6 Å². The van der Waals surface area contributed by atoms with Crippen molar-refractivity contribution in [2.75, 3.05) is 19.0 Å². The molecular weight excluding hydrogens is 326 g/mol. The minimum absolute atomic E-state index is 0.273. The summed E-state index contributed by atoms with van der Waals surface area (Å²) >= 11 is 0. The van der Waals surface area contributed by atoms with Crippen LogP contribution in [0.25, 0.3) is 5.69 Å². The van der Waals surface area contributed by atoms with E-state index in [0.717, 1.165) is 17.1 Å². The van der Waals surface area contributed by atoms with Crippen LogP contribution in [0.15, 0.2) is 65.8 Å². The van der Waals surface area contributed by atoms with Crippen molar-refractivity contribution in [1.29, 1.82) is 0 Å². The van der Waals surface area contributed by atoms with Gasteiger partial charge in [-0.1, -0.05) is 6.07 Å². The Morgan fingerprint density at radius 2 is 1.81 bits per heavy atom. The Bertz CT molecular complexity index is 954. The van der Waals surface area contributed by atoms with Crippen molar-refractivity contribution < 1.29 is 9.90 Å². The van der Waals surface area contributed by atoms with Crippen LogP contribution in [0.2, 0.25) is 0 Å². The van der Waals surface area contributed by atoms with Crippen LogP contribution in [0.1, 0.15) is 21.6 Å². The van der Waals surface area contributed by atoms with Crippen molar-refractivity contribution in [3.8, 4) is 5.69 Å². The summed E-state index contributed by atoms with van der Waals surface area (Å²) in [7, 11) is 4.02. The molecular formula is C21H21N3O2. The Morgan fingerprint density at radius 1 is 1.08 bits per heavy atom. The molecule has 3 aromatic rings. The van der Waals surface area contributed by atoms with E-state index in [9.17, 15) is 9.90 Å². The molecule has 132 valence electrons. The van der Waals surface area contributed by atoms with E-state index in [1.807, 2.05) is 43.1 Å². The summed E-state index contributed by atoms with van der Waals surface area (Å²) in [5, 5.41) is 9.24. The fourth-order valence-electron chi connectivity index (χ4n) is 2.78. The summed E-state index contributed by atoms with van der Waals surface area (Å²) in [5.41, 5.74) is 4.68. The highest BCUT2D eigenvalue weighted by molar-refractivity contribution is 5.91. The summed E-state index contributed by atoms with van der Waals surface area (Å²) in [6.07, 6.45) is 3.74. The van der Waals surface area contributed by atoms with Crippen LogP contribution in [0.5, 0.6) is 0 Å².